The number of likely N-dealkylation sites (N-methyl/N-ethyl adjacent to an activating group) is 1. The number of nitrogens with zero attached hydrogens (tertiary/aromatic N) is 1. The van der Waals surface area contributed by atoms with Crippen LogP contribution in [0.25, 0.3) is 5.52 Å². The van der Waals surface area contributed by atoms with Gasteiger partial charge in [0.05, 0.1) is 0 Å². The Balaban J connectivity index is 2.33. The van der Waals surface area contributed by atoms with Crippen molar-refractivity contribution in [3.63, 3.8) is 0 Å². The summed E-state index contributed by atoms with van der Waals surface area (Å²) in [6.07, 6.45) is 3.61. The summed E-state index contributed by atoms with van der Waals surface area (Å²) in [6, 6.07) is 5.85. The standard InChI is InChI=1S/C13H14N2O3/c1-2-14-11(13(17)18)12(16)9-5-7-15-6-3-4-10(15)8-9/h3-8,11,14H,2H2,1H3,(H,17,18). The predicted octanol–water partition coefficient (Wildman–Crippen LogP) is 1.18. The van der Waals surface area contributed by atoms with Crippen molar-refractivity contribution in [3.05, 3.63) is 42.2 Å². The highest BCUT2D eigenvalue weighted by Gasteiger charge is 2.26. The van der Waals surface area contributed by atoms with Crippen molar-refractivity contribution in [1.29, 1.82) is 0 Å². The molecule has 2 aromatic heterocycles. The van der Waals surface area contributed by atoms with Gasteiger partial charge in [-0.3, -0.25) is 14.9 Å². The van der Waals surface area contributed by atoms with E-state index in [1.54, 1.807) is 25.3 Å². The number of carboxylic acid groups (broad SMARTS) is 1. The maximum atomic E-state index is 12.1. The van der Waals surface area contributed by atoms with Crippen molar-refractivity contribution in [3.8, 4) is 0 Å². The Morgan fingerprint density at radius 3 is 2.83 bits per heavy atom. The van der Waals surface area contributed by atoms with Crippen LogP contribution in [0.4, 0.5) is 0 Å². The van der Waals surface area contributed by atoms with Crippen molar-refractivity contribution in [2.75, 3.05) is 6.54 Å². The van der Waals surface area contributed by atoms with E-state index in [0.29, 0.717) is 12.1 Å². The minimum Gasteiger partial charge on any atom is -0.480 e. The maximum absolute atomic E-state index is 12.1. The number of rotatable bonds is 5. The Morgan fingerprint density at radius 1 is 1.39 bits per heavy atom. The van der Waals surface area contributed by atoms with Gasteiger partial charge >= 0.3 is 5.97 Å². The van der Waals surface area contributed by atoms with Crippen LogP contribution in [0.15, 0.2) is 36.7 Å². The third kappa shape index (κ3) is 2.26. The molecule has 0 aliphatic carbocycles. The molecule has 0 aliphatic heterocycles. The van der Waals surface area contributed by atoms with Gasteiger partial charge in [-0.1, -0.05) is 6.92 Å². The lowest BCUT2D eigenvalue weighted by Gasteiger charge is -2.12. The molecule has 0 aromatic carbocycles. The summed E-state index contributed by atoms with van der Waals surface area (Å²) < 4.78 is 1.86. The molecule has 0 bridgehead atoms. The average Bonchev–Trinajstić information content (AvgIpc) is 2.81. The molecule has 0 spiro atoms. The second kappa shape index (κ2) is 5.01. The van der Waals surface area contributed by atoms with Gasteiger partial charge in [-0.25, -0.2) is 0 Å². The van der Waals surface area contributed by atoms with Crippen molar-refractivity contribution in [2.45, 2.75) is 13.0 Å². The van der Waals surface area contributed by atoms with Crippen molar-refractivity contribution in [1.82, 2.24) is 9.72 Å². The highest BCUT2D eigenvalue weighted by atomic mass is 16.4. The molecule has 1 atom stereocenters. The number of carboxylic acids is 1. The zero-order valence-corrected chi connectivity index (χ0v) is 9.96. The summed E-state index contributed by atoms with van der Waals surface area (Å²) in [5, 5.41) is 11.7. The molecule has 0 amide bonds. The fourth-order valence-corrected chi connectivity index (χ4v) is 1.85. The molecule has 0 fully saturated rings. The molecular formula is C13H14N2O3. The monoisotopic (exact) mass is 246 g/mol. The first-order valence-electron chi connectivity index (χ1n) is 5.70. The van der Waals surface area contributed by atoms with Gasteiger partial charge in [-0.2, -0.15) is 0 Å². The van der Waals surface area contributed by atoms with Crippen LogP contribution < -0.4 is 5.32 Å². The lowest BCUT2D eigenvalue weighted by molar-refractivity contribution is -0.138. The number of fused-ring (bicyclic) bond motifs is 1. The summed E-state index contributed by atoms with van der Waals surface area (Å²) in [5.74, 6) is -1.58. The topological polar surface area (TPSA) is 70.8 Å². The zero-order valence-electron chi connectivity index (χ0n) is 9.96. The molecule has 94 valence electrons. The lowest BCUT2D eigenvalue weighted by atomic mass is 10.1. The number of hydrogen-bond donors (Lipinski definition) is 2. The van der Waals surface area contributed by atoms with Gasteiger partial charge < -0.3 is 9.51 Å². The number of nitrogens with one attached hydrogen (secondary N) is 1. The quantitative estimate of drug-likeness (QED) is 0.614. The summed E-state index contributed by atoms with van der Waals surface area (Å²) in [6.45, 7) is 2.19. The number of Topliss-reactive ketones (excluding diaryl/α,β-unsaturated/α-hetero) is 1. The van der Waals surface area contributed by atoms with E-state index in [1.807, 2.05) is 22.7 Å². The van der Waals surface area contributed by atoms with E-state index in [2.05, 4.69) is 5.32 Å². The van der Waals surface area contributed by atoms with E-state index in [9.17, 15) is 9.59 Å². The van der Waals surface area contributed by atoms with Gasteiger partial charge in [0.1, 0.15) is 0 Å². The zero-order chi connectivity index (χ0) is 13.1. The molecule has 2 heterocycles. The van der Waals surface area contributed by atoms with Crippen LogP contribution in [0.1, 0.15) is 17.3 Å². The van der Waals surface area contributed by atoms with Crippen LogP contribution >= 0.6 is 0 Å². The van der Waals surface area contributed by atoms with Crippen LogP contribution in [0.3, 0.4) is 0 Å². The lowest BCUT2D eigenvalue weighted by Crippen LogP contribution is -2.43. The average molecular weight is 246 g/mol. The molecule has 18 heavy (non-hydrogen) atoms. The molecule has 5 nitrogen and oxygen atoms in total. The normalized spacial score (nSPS) is 12.5. The second-order valence-electron chi connectivity index (χ2n) is 3.95. The van der Waals surface area contributed by atoms with Crippen LogP contribution in [-0.2, 0) is 4.79 Å². The summed E-state index contributed by atoms with van der Waals surface area (Å²) in [4.78, 5) is 23.1. The number of pyridine rings is 1. The fourth-order valence-electron chi connectivity index (χ4n) is 1.85. The number of aliphatic carboxylic acids is 1. The maximum Gasteiger partial charge on any atom is 0.328 e. The minimum atomic E-state index is -1.19. The van der Waals surface area contributed by atoms with Gasteiger partial charge in [0.25, 0.3) is 0 Å². The smallest absolute Gasteiger partial charge is 0.328 e. The third-order valence-corrected chi connectivity index (χ3v) is 2.73. The van der Waals surface area contributed by atoms with Crippen LogP contribution in [0.2, 0.25) is 0 Å². The van der Waals surface area contributed by atoms with E-state index >= 15 is 0 Å². The first-order valence-corrected chi connectivity index (χ1v) is 5.70. The van der Waals surface area contributed by atoms with Gasteiger partial charge in [-0.15, -0.1) is 0 Å². The largest absolute Gasteiger partial charge is 0.480 e. The van der Waals surface area contributed by atoms with Gasteiger partial charge in [0.15, 0.2) is 11.8 Å². The summed E-state index contributed by atoms with van der Waals surface area (Å²) >= 11 is 0. The highest BCUT2D eigenvalue weighted by molar-refractivity contribution is 6.11. The van der Waals surface area contributed by atoms with Crippen LogP contribution in [-0.4, -0.2) is 33.8 Å². The molecule has 0 aliphatic rings. The Kier molecular flexibility index (Phi) is 3.43. The molecule has 2 rings (SSSR count). The Morgan fingerprint density at radius 2 is 2.17 bits per heavy atom. The van der Waals surface area contributed by atoms with Gasteiger partial charge in [0, 0.05) is 23.5 Å². The Hall–Kier alpha value is -2.14. The highest BCUT2D eigenvalue weighted by Crippen LogP contribution is 2.10. The number of ketones is 1. The van der Waals surface area contributed by atoms with Gasteiger partial charge in [-0.05, 0) is 30.8 Å². The molecule has 2 aromatic rings. The van der Waals surface area contributed by atoms with E-state index in [1.165, 1.54) is 0 Å². The molecule has 1 unspecified atom stereocenters. The van der Waals surface area contributed by atoms with Crippen LogP contribution in [0.5, 0.6) is 0 Å². The first-order chi connectivity index (χ1) is 8.63. The Bertz CT molecular complexity index is 589. The molecule has 0 radical (unpaired) electrons. The van der Waals surface area contributed by atoms with E-state index in [0.717, 1.165) is 5.52 Å². The van der Waals surface area contributed by atoms with Crippen molar-refractivity contribution >= 4 is 17.3 Å². The molecule has 5 heteroatoms. The number of hydrogen-bond acceptors (Lipinski definition) is 3. The summed E-state index contributed by atoms with van der Waals surface area (Å²) in [7, 11) is 0. The van der Waals surface area contributed by atoms with E-state index in [4.69, 9.17) is 5.11 Å². The Labute approximate surface area is 104 Å². The SMILES string of the molecule is CCNC(C(=O)O)C(=O)c1ccn2cccc2c1. The molecule has 0 saturated carbocycles. The van der Waals surface area contributed by atoms with Gasteiger partial charge in [0.2, 0.25) is 0 Å². The van der Waals surface area contributed by atoms with E-state index < -0.39 is 17.8 Å². The molecule has 2 N–H and O–H groups in total. The van der Waals surface area contributed by atoms with Crippen molar-refractivity contribution < 1.29 is 14.7 Å². The fraction of sp³-hybridized carbons (Fsp3) is 0.231. The first kappa shape index (κ1) is 12.3. The van der Waals surface area contributed by atoms with Crippen molar-refractivity contribution in [2.24, 2.45) is 0 Å². The summed E-state index contributed by atoms with van der Waals surface area (Å²) in [5.41, 5.74) is 1.26. The van der Waals surface area contributed by atoms with E-state index in [-0.39, 0.29) is 0 Å². The third-order valence-electron chi connectivity index (χ3n) is 2.73. The number of carbonyl (C=O) groups is 2. The predicted molar refractivity (Wildman–Crippen MR) is 66.8 cm³/mol. The number of carbonyl (C=O) groups excluding carboxylic acids is 1. The van der Waals surface area contributed by atoms with Crippen LogP contribution in [0, 0.1) is 0 Å². The minimum absolute atomic E-state index is 0.398. The second-order valence-corrected chi connectivity index (χ2v) is 3.95. The molecule has 0 saturated heterocycles. The number of aromatic nitrogens is 1. The molecular weight excluding hydrogens is 232 g/mol.